The number of fused-ring (bicyclic) bond motifs is 4. The van der Waals surface area contributed by atoms with E-state index in [-0.39, 0.29) is 58.1 Å². The molecule has 2 aliphatic heterocycles. The summed E-state index contributed by atoms with van der Waals surface area (Å²) >= 11 is 0. The highest BCUT2D eigenvalue weighted by Crippen LogP contribution is 2.52. The van der Waals surface area contributed by atoms with Gasteiger partial charge in [0.1, 0.15) is 29.0 Å². The number of aromatic hydroxyl groups is 2. The van der Waals surface area contributed by atoms with Gasteiger partial charge in [-0.05, 0) is 19.4 Å². The molecule has 4 aliphatic rings. The molecule has 10 nitrogen and oxygen atoms in total. The first kappa shape index (κ1) is 23.1. The van der Waals surface area contributed by atoms with E-state index in [1.165, 1.54) is 26.2 Å². The third-order valence-electron chi connectivity index (χ3n) is 7.56. The molecular formula is C26H24O10. The van der Waals surface area contributed by atoms with Crippen LogP contribution in [0.25, 0.3) is 0 Å². The minimum absolute atomic E-state index is 0.0146. The summed E-state index contributed by atoms with van der Waals surface area (Å²) in [5.74, 6) is -2.90. The van der Waals surface area contributed by atoms with E-state index in [4.69, 9.17) is 18.9 Å². The van der Waals surface area contributed by atoms with Crippen molar-refractivity contribution in [2.24, 2.45) is 0 Å². The van der Waals surface area contributed by atoms with E-state index in [9.17, 15) is 29.7 Å². The largest absolute Gasteiger partial charge is 0.507 e. The highest BCUT2D eigenvalue weighted by Gasteiger charge is 2.51. The highest BCUT2D eigenvalue weighted by molar-refractivity contribution is 6.31. The van der Waals surface area contributed by atoms with Crippen molar-refractivity contribution in [1.82, 2.24) is 0 Å². The van der Waals surface area contributed by atoms with Gasteiger partial charge >= 0.3 is 0 Å². The third-order valence-corrected chi connectivity index (χ3v) is 7.56. The topological polar surface area (TPSA) is 152 Å². The van der Waals surface area contributed by atoms with Crippen molar-refractivity contribution in [2.75, 3.05) is 7.11 Å². The Morgan fingerprint density at radius 2 is 1.81 bits per heavy atom. The first-order valence-electron chi connectivity index (χ1n) is 11.7. The Kier molecular flexibility index (Phi) is 5.03. The van der Waals surface area contributed by atoms with E-state index in [0.717, 1.165) is 0 Å². The van der Waals surface area contributed by atoms with E-state index in [1.54, 1.807) is 6.07 Å². The average Bonchev–Trinajstić information content (AvgIpc) is 3.62. The van der Waals surface area contributed by atoms with Crippen LogP contribution in [0.1, 0.15) is 75.3 Å². The summed E-state index contributed by atoms with van der Waals surface area (Å²) in [7, 11) is 1.36. The summed E-state index contributed by atoms with van der Waals surface area (Å²) in [4.78, 5) is 39.5. The van der Waals surface area contributed by atoms with Gasteiger partial charge in [0, 0.05) is 36.0 Å². The molecule has 0 saturated carbocycles. The zero-order valence-corrected chi connectivity index (χ0v) is 19.6. The van der Waals surface area contributed by atoms with Gasteiger partial charge in [0.2, 0.25) is 5.78 Å². The molecule has 0 spiro atoms. The predicted octanol–water partition coefficient (Wildman–Crippen LogP) is 2.07. The SMILES string of the molecule is COc1cccc2c1C(=O)c1c(O)c3c(c(O)c1C2=O)C[C@@](O)(C(C)=O)C[C@@H]3OC1CCC2OC2O1. The van der Waals surface area contributed by atoms with Gasteiger partial charge in [0.15, 0.2) is 24.1 Å². The van der Waals surface area contributed by atoms with Crippen molar-refractivity contribution in [3.8, 4) is 17.2 Å². The van der Waals surface area contributed by atoms with Crippen LogP contribution in [0.2, 0.25) is 0 Å². The fraction of sp³-hybridized carbons (Fsp3) is 0.423. The zero-order chi connectivity index (χ0) is 25.5. The Morgan fingerprint density at radius 3 is 2.50 bits per heavy atom. The van der Waals surface area contributed by atoms with Crippen LogP contribution in [-0.4, -0.2) is 64.1 Å². The fourth-order valence-electron chi connectivity index (χ4n) is 5.55. The van der Waals surface area contributed by atoms with Crippen LogP contribution in [0.4, 0.5) is 0 Å². The molecule has 5 atom stereocenters. The number of hydrogen-bond acceptors (Lipinski definition) is 10. The predicted molar refractivity (Wildman–Crippen MR) is 120 cm³/mol. The Hall–Kier alpha value is -3.31. The highest BCUT2D eigenvalue weighted by atomic mass is 16.8. The number of carbonyl (C=O) groups is 3. The molecule has 0 bridgehead atoms. The Morgan fingerprint density at radius 1 is 1.06 bits per heavy atom. The molecule has 10 heteroatoms. The monoisotopic (exact) mass is 496 g/mol. The second-order valence-electron chi connectivity index (χ2n) is 9.66. The van der Waals surface area contributed by atoms with Crippen LogP contribution in [0.3, 0.4) is 0 Å². The number of phenols is 2. The number of phenolic OH excluding ortho intramolecular Hbond substituents is 2. The maximum atomic E-state index is 13.6. The van der Waals surface area contributed by atoms with Crippen molar-refractivity contribution >= 4 is 17.3 Å². The lowest BCUT2D eigenvalue weighted by Gasteiger charge is -2.39. The quantitative estimate of drug-likeness (QED) is 0.361. The molecule has 0 amide bonds. The number of ether oxygens (including phenoxy) is 4. The summed E-state index contributed by atoms with van der Waals surface area (Å²) in [6, 6.07) is 4.50. The van der Waals surface area contributed by atoms with Gasteiger partial charge in [-0.1, -0.05) is 12.1 Å². The second kappa shape index (κ2) is 7.84. The van der Waals surface area contributed by atoms with Crippen LogP contribution >= 0.6 is 0 Å². The van der Waals surface area contributed by atoms with Crippen LogP contribution in [0, 0.1) is 0 Å². The molecular weight excluding hydrogens is 472 g/mol. The number of aliphatic hydroxyl groups is 1. The summed E-state index contributed by atoms with van der Waals surface area (Å²) in [5, 5.41) is 33.9. The number of benzene rings is 2. The van der Waals surface area contributed by atoms with Crippen molar-refractivity contribution in [3.05, 3.63) is 51.6 Å². The van der Waals surface area contributed by atoms with Crippen molar-refractivity contribution in [1.29, 1.82) is 0 Å². The smallest absolute Gasteiger partial charge is 0.202 e. The van der Waals surface area contributed by atoms with Gasteiger partial charge in [-0.2, -0.15) is 0 Å². The number of ketones is 3. The van der Waals surface area contributed by atoms with E-state index < -0.39 is 53.1 Å². The Bertz CT molecular complexity index is 1350. The standard InChI is InChI=1S/C26H24O10/c1-10(27)26(32)8-12-18(15(9-26)34-16-7-6-14-25(35-14)36-16)24(31)20-19(22(12)29)21(28)11-4-3-5-13(33-2)17(11)23(20)30/h3-5,14-16,25,29,31-32H,6-9H2,1-2H3/t14?,15-,16?,25?,26-/m0/s1. The van der Waals surface area contributed by atoms with Crippen LogP contribution in [0.5, 0.6) is 17.2 Å². The summed E-state index contributed by atoms with van der Waals surface area (Å²) in [6.45, 7) is 1.22. The summed E-state index contributed by atoms with van der Waals surface area (Å²) in [5.41, 5.74) is -2.67. The summed E-state index contributed by atoms with van der Waals surface area (Å²) < 4.78 is 22.4. The average molecular weight is 496 g/mol. The molecule has 0 aromatic heterocycles. The zero-order valence-electron chi connectivity index (χ0n) is 19.6. The number of rotatable bonds is 4. The molecule has 6 rings (SSSR count). The summed E-state index contributed by atoms with van der Waals surface area (Å²) in [6.07, 6.45) is -1.68. The number of methoxy groups -OCH3 is 1. The first-order valence-corrected chi connectivity index (χ1v) is 11.7. The van der Waals surface area contributed by atoms with E-state index in [0.29, 0.717) is 12.8 Å². The lowest BCUT2D eigenvalue weighted by atomic mass is 9.72. The van der Waals surface area contributed by atoms with Crippen LogP contribution in [-0.2, 0) is 25.4 Å². The minimum atomic E-state index is -1.92. The molecule has 0 radical (unpaired) electrons. The third kappa shape index (κ3) is 3.22. The molecule has 2 aliphatic carbocycles. The molecule has 2 aromatic rings. The molecule has 188 valence electrons. The van der Waals surface area contributed by atoms with E-state index in [1.807, 2.05) is 0 Å². The molecule has 2 fully saturated rings. The fourth-order valence-corrected chi connectivity index (χ4v) is 5.55. The Labute approximate surface area is 205 Å². The number of carbonyl (C=O) groups excluding carboxylic acids is 3. The minimum Gasteiger partial charge on any atom is -0.507 e. The van der Waals surface area contributed by atoms with E-state index >= 15 is 0 Å². The van der Waals surface area contributed by atoms with Crippen molar-refractivity contribution in [2.45, 2.75) is 63.0 Å². The first-order chi connectivity index (χ1) is 17.1. The van der Waals surface area contributed by atoms with Gasteiger partial charge in [-0.15, -0.1) is 0 Å². The maximum Gasteiger partial charge on any atom is 0.202 e. The van der Waals surface area contributed by atoms with E-state index in [2.05, 4.69) is 0 Å². The van der Waals surface area contributed by atoms with Gasteiger partial charge in [-0.25, -0.2) is 0 Å². The molecule has 36 heavy (non-hydrogen) atoms. The normalized spacial score (nSPS) is 30.1. The van der Waals surface area contributed by atoms with Gasteiger partial charge in [0.25, 0.3) is 0 Å². The van der Waals surface area contributed by atoms with Crippen LogP contribution < -0.4 is 4.74 Å². The molecule has 2 heterocycles. The lowest BCUT2D eigenvalue weighted by molar-refractivity contribution is -0.213. The molecule has 2 aromatic carbocycles. The maximum absolute atomic E-state index is 13.6. The molecule has 2 saturated heterocycles. The number of epoxide rings is 1. The van der Waals surface area contributed by atoms with Gasteiger partial charge in [0.05, 0.1) is 29.9 Å². The number of hydrogen-bond donors (Lipinski definition) is 3. The second-order valence-corrected chi connectivity index (χ2v) is 9.66. The van der Waals surface area contributed by atoms with Crippen molar-refractivity contribution < 1.29 is 48.7 Å². The number of Topliss-reactive ketones (excluding diaryl/α,β-unsaturated/α-hetero) is 1. The molecule has 3 unspecified atom stereocenters. The van der Waals surface area contributed by atoms with Crippen LogP contribution in [0.15, 0.2) is 18.2 Å². The van der Waals surface area contributed by atoms with Crippen molar-refractivity contribution in [3.63, 3.8) is 0 Å². The van der Waals surface area contributed by atoms with Gasteiger partial charge in [-0.3, -0.25) is 14.4 Å². The lowest BCUT2D eigenvalue weighted by Crippen LogP contribution is -2.45. The Balaban J connectivity index is 1.52. The van der Waals surface area contributed by atoms with Gasteiger partial charge < -0.3 is 34.3 Å². The molecule has 3 N–H and O–H groups in total.